The monoisotopic (exact) mass is 205 g/mol. The summed E-state index contributed by atoms with van der Waals surface area (Å²) in [6.07, 6.45) is 4.10. The quantitative estimate of drug-likeness (QED) is 0.703. The Hall–Kier alpha value is -0.890. The van der Waals surface area contributed by atoms with E-state index in [1.165, 1.54) is 11.1 Å². The van der Waals surface area contributed by atoms with E-state index < -0.39 is 0 Å². The summed E-state index contributed by atoms with van der Waals surface area (Å²) < 4.78 is 5.37. The fourth-order valence-corrected chi connectivity index (χ4v) is 1.99. The molecule has 0 aliphatic carbocycles. The molecule has 0 spiro atoms. The molecule has 2 rings (SSSR count). The Labute approximate surface area is 91.7 Å². The Morgan fingerprint density at radius 2 is 2.20 bits per heavy atom. The zero-order valence-electron chi connectivity index (χ0n) is 9.84. The summed E-state index contributed by atoms with van der Waals surface area (Å²) in [6.45, 7) is 8.31. The number of hydrogen-bond donors (Lipinski definition) is 0. The van der Waals surface area contributed by atoms with Crippen LogP contribution in [0, 0.1) is 5.41 Å². The van der Waals surface area contributed by atoms with Gasteiger partial charge in [-0.2, -0.15) is 0 Å². The smallest absolute Gasteiger partial charge is 0.0890 e. The van der Waals surface area contributed by atoms with Crippen LogP contribution in [0.5, 0.6) is 0 Å². The Bertz CT molecular complexity index is 352. The first-order valence-corrected chi connectivity index (χ1v) is 5.59. The molecule has 0 saturated carbocycles. The molecule has 1 aliphatic heterocycles. The minimum atomic E-state index is 0.334. The van der Waals surface area contributed by atoms with Gasteiger partial charge in [-0.15, -0.1) is 0 Å². The number of pyridine rings is 1. The molecular weight excluding hydrogens is 186 g/mol. The molecule has 0 amide bonds. The number of aromatic nitrogens is 1. The highest BCUT2D eigenvalue weighted by Gasteiger charge is 2.15. The molecule has 1 aromatic rings. The van der Waals surface area contributed by atoms with Crippen LogP contribution in [-0.2, 0) is 24.2 Å². The lowest BCUT2D eigenvalue weighted by Gasteiger charge is -2.20. The van der Waals surface area contributed by atoms with E-state index in [0.717, 1.165) is 25.1 Å². The van der Waals surface area contributed by atoms with Crippen molar-refractivity contribution in [2.24, 2.45) is 5.41 Å². The van der Waals surface area contributed by atoms with Gasteiger partial charge in [-0.3, -0.25) is 4.98 Å². The average Bonchev–Trinajstić information content (AvgIpc) is 2.15. The fraction of sp³-hybridized carbons (Fsp3) is 0.615. The van der Waals surface area contributed by atoms with Crippen LogP contribution in [0.4, 0.5) is 0 Å². The maximum atomic E-state index is 5.37. The van der Waals surface area contributed by atoms with Gasteiger partial charge in [0.15, 0.2) is 0 Å². The van der Waals surface area contributed by atoms with Crippen LogP contribution in [0.15, 0.2) is 12.3 Å². The molecule has 0 bridgehead atoms. The predicted molar refractivity (Wildman–Crippen MR) is 60.8 cm³/mol. The van der Waals surface area contributed by atoms with E-state index in [9.17, 15) is 0 Å². The molecule has 1 aliphatic rings. The van der Waals surface area contributed by atoms with Crippen LogP contribution >= 0.6 is 0 Å². The lowest BCUT2D eigenvalue weighted by Crippen LogP contribution is -2.14. The Kier molecular flexibility index (Phi) is 2.79. The summed E-state index contributed by atoms with van der Waals surface area (Å²) in [4.78, 5) is 4.48. The Morgan fingerprint density at radius 1 is 1.40 bits per heavy atom. The van der Waals surface area contributed by atoms with Gasteiger partial charge in [-0.25, -0.2) is 0 Å². The van der Waals surface area contributed by atoms with E-state index in [0.29, 0.717) is 12.0 Å². The van der Waals surface area contributed by atoms with Crippen molar-refractivity contribution in [1.29, 1.82) is 0 Å². The van der Waals surface area contributed by atoms with Crippen LogP contribution in [-0.4, -0.2) is 11.6 Å². The van der Waals surface area contributed by atoms with E-state index in [4.69, 9.17) is 4.74 Å². The predicted octanol–water partition coefficient (Wildman–Crippen LogP) is 2.74. The van der Waals surface area contributed by atoms with Crippen molar-refractivity contribution in [2.75, 3.05) is 6.61 Å². The Balaban J connectivity index is 2.21. The van der Waals surface area contributed by atoms with Crippen molar-refractivity contribution in [3.05, 3.63) is 29.1 Å². The highest BCUT2D eigenvalue weighted by Crippen LogP contribution is 2.23. The Morgan fingerprint density at radius 3 is 2.93 bits per heavy atom. The highest BCUT2D eigenvalue weighted by atomic mass is 16.5. The van der Waals surface area contributed by atoms with Gasteiger partial charge in [0.1, 0.15) is 0 Å². The first-order chi connectivity index (χ1) is 7.04. The highest BCUT2D eigenvalue weighted by molar-refractivity contribution is 5.27. The summed E-state index contributed by atoms with van der Waals surface area (Å²) in [7, 11) is 0. The van der Waals surface area contributed by atoms with Crippen LogP contribution in [0.25, 0.3) is 0 Å². The third kappa shape index (κ3) is 2.78. The molecule has 82 valence electrons. The van der Waals surface area contributed by atoms with Gasteiger partial charge in [0.25, 0.3) is 0 Å². The van der Waals surface area contributed by atoms with Crippen molar-refractivity contribution >= 4 is 0 Å². The van der Waals surface area contributed by atoms with Gasteiger partial charge < -0.3 is 4.74 Å². The first kappa shape index (κ1) is 10.6. The van der Waals surface area contributed by atoms with Crippen molar-refractivity contribution in [3.8, 4) is 0 Å². The average molecular weight is 205 g/mol. The second-order valence-electron chi connectivity index (χ2n) is 5.49. The number of nitrogens with zero attached hydrogens (tertiary/aromatic N) is 1. The fourth-order valence-electron chi connectivity index (χ4n) is 1.99. The topological polar surface area (TPSA) is 22.1 Å². The summed E-state index contributed by atoms with van der Waals surface area (Å²) in [5, 5.41) is 0. The maximum absolute atomic E-state index is 5.37. The minimum absolute atomic E-state index is 0.334. The molecule has 0 fully saturated rings. The summed E-state index contributed by atoms with van der Waals surface area (Å²) in [6, 6.07) is 2.30. The van der Waals surface area contributed by atoms with Crippen molar-refractivity contribution in [3.63, 3.8) is 0 Å². The van der Waals surface area contributed by atoms with Crippen molar-refractivity contribution in [2.45, 2.75) is 40.2 Å². The van der Waals surface area contributed by atoms with E-state index in [1.54, 1.807) is 0 Å². The molecule has 0 unspecified atom stereocenters. The van der Waals surface area contributed by atoms with Gasteiger partial charge in [0.05, 0.1) is 18.9 Å². The van der Waals surface area contributed by atoms with Crippen LogP contribution in [0.3, 0.4) is 0 Å². The second-order valence-corrected chi connectivity index (χ2v) is 5.49. The van der Waals surface area contributed by atoms with E-state index >= 15 is 0 Å². The number of ether oxygens (including phenoxy) is 1. The van der Waals surface area contributed by atoms with Gasteiger partial charge in [0.2, 0.25) is 0 Å². The SMILES string of the molecule is CC(C)(C)Cc1cnc2c(c1)CCOC2. The van der Waals surface area contributed by atoms with Crippen molar-refractivity contribution < 1.29 is 4.74 Å². The van der Waals surface area contributed by atoms with Gasteiger partial charge in [-0.05, 0) is 29.4 Å². The number of rotatable bonds is 1. The molecule has 2 nitrogen and oxygen atoms in total. The van der Waals surface area contributed by atoms with E-state index in [2.05, 4.69) is 31.8 Å². The van der Waals surface area contributed by atoms with Gasteiger partial charge in [0, 0.05) is 6.20 Å². The molecular formula is C13H19NO. The lowest BCUT2D eigenvalue weighted by atomic mass is 9.88. The van der Waals surface area contributed by atoms with Crippen LogP contribution < -0.4 is 0 Å². The number of hydrogen-bond acceptors (Lipinski definition) is 2. The van der Waals surface area contributed by atoms with Gasteiger partial charge in [-0.1, -0.05) is 26.8 Å². The molecule has 0 saturated heterocycles. The zero-order valence-corrected chi connectivity index (χ0v) is 9.84. The van der Waals surface area contributed by atoms with E-state index in [-0.39, 0.29) is 0 Å². The van der Waals surface area contributed by atoms with E-state index in [1.807, 2.05) is 6.20 Å². The third-order valence-electron chi connectivity index (χ3n) is 2.61. The van der Waals surface area contributed by atoms with Crippen LogP contribution in [0.1, 0.15) is 37.6 Å². The second kappa shape index (κ2) is 3.93. The maximum Gasteiger partial charge on any atom is 0.0890 e. The molecule has 0 atom stereocenters. The molecule has 2 heteroatoms. The van der Waals surface area contributed by atoms with Crippen LogP contribution in [0.2, 0.25) is 0 Å². The standard InChI is InChI=1S/C13H19NO/c1-13(2,3)7-10-6-11-4-5-15-9-12(11)14-8-10/h6,8H,4-5,7,9H2,1-3H3. The molecule has 0 radical (unpaired) electrons. The van der Waals surface area contributed by atoms with Crippen molar-refractivity contribution in [1.82, 2.24) is 4.98 Å². The third-order valence-corrected chi connectivity index (χ3v) is 2.61. The molecule has 0 N–H and O–H groups in total. The normalized spacial score (nSPS) is 16.2. The largest absolute Gasteiger partial charge is 0.375 e. The van der Waals surface area contributed by atoms with Gasteiger partial charge >= 0.3 is 0 Å². The summed E-state index contributed by atoms with van der Waals surface area (Å²) in [5.74, 6) is 0. The molecule has 2 heterocycles. The molecule has 1 aromatic heterocycles. The molecule has 0 aromatic carbocycles. The number of fused-ring (bicyclic) bond motifs is 1. The molecule has 15 heavy (non-hydrogen) atoms. The summed E-state index contributed by atoms with van der Waals surface area (Å²) >= 11 is 0. The summed E-state index contributed by atoms with van der Waals surface area (Å²) in [5.41, 5.74) is 4.19. The lowest BCUT2D eigenvalue weighted by molar-refractivity contribution is 0.107. The first-order valence-electron chi connectivity index (χ1n) is 5.59. The zero-order chi connectivity index (χ0) is 10.9. The minimum Gasteiger partial charge on any atom is -0.375 e.